The number of carbonyl (C=O) groups is 1. The molecule has 0 fully saturated rings. The van der Waals surface area contributed by atoms with Gasteiger partial charge in [0.25, 0.3) is 5.91 Å². The Morgan fingerprint density at radius 3 is 2.95 bits per heavy atom. The highest BCUT2D eigenvalue weighted by Crippen LogP contribution is 2.00. The fourth-order valence-electron chi connectivity index (χ4n) is 1.55. The van der Waals surface area contributed by atoms with Crippen molar-refractivity contribution in [2.75, 3.05) is 6.54 Å². The minimum Gasteiger partial charge on any atom is -0.350 e. The standard InChI is InChI=1S/C12H15N5O.ClH/c13-9-11-8-10(2-4-14-11)12(18)15-5-7-17-6-1-3-16-17;/h1-4,6,8H,5,7,9,13H2,(H,15,18);1H. The Morgan fingerprint density at radius 2 is 2.26 bits per heavy atom. The molecule has 0 bridgehead atoms. The first-order valence-corrected chi connectivity index (χ1v) is 5.70. The number of carbonyl (C=O) groups excluding carboxylic acids is 1. The molecule has 0 aliphatic rings. The number of aromatic nitrogens is 3. The SMILES string of the molecule is Cl.NCc1cc(C(=O)NCCn2cccn2)ccn1. The van der Waals surface area contributed by atoms with E-state index in [2.05, 4.69) is 15.4 Å². The van der Waals surface area contributed by atoms with Gasteiger partial charge in [-0.25, -0.2) is 0 Å². The second-order valence-electron chi connectivity index (χ2n) is 3.77. The average Bonchev–Trinajstić information content (AvgIpc) is 2.92. The number of rotatable bonds is 5. The third kappa shape index (κ3) is 4.35. The second kappa shape index (κ2) is 7.50. The summed E-state index contributed by atoms with van der Waals surface area (Å²) in [5.41, 5.74) is 6.76. The molecule has 0 saturated carbocycles. The minimum absolute atomic E-state index is 0. The Morgan fingerprint density at radius 1 is 1.42 bits per heavy atom. The summed E-state index contributed by atoms with van der Waals surface area (Å²) in [4.78, 5) is 15.9. The van der Waals surface area contributed by atoms with E-state index in [1.165, 1.54) is 0 Å². The van der Waals surface area contributed by atoms with Crippen molar-refractivity contribution in [1.29, 1.82) is 0 Å². The summed E-state index contributed by atoms with van der Waals surface area (Å²) in [6.45, 7) is 1.50. The van der Waals surface area contributed by atoms with E-state index in [1.807, 2.05) is 12.3 Å². The first-order chi connectivity index (χ1) is 8.79. The molecule has 0 unspecified atom stereocenters. The number of hydrogen-bond donors (Lipinski definition) is 2. The molecule has 0 radical (unpaired) electrons. The van der Waals surface area contributed by atoms with E-state index in [-0.39, 0.29) is 18.3 Å². The highest BCUT2D eigenvalue weighted by Gasteiger charge is 2.05. The molecule has 2 rings (SSSR count). The van der Waals surface area contributed by atoms with Gasteiger partial charge in [-0.15, -0.1) is 12.4 Å². The smallest absolute Gasteiger partial charge is 0.251 e. The van der Waals surface area contributed by atoms with Crippen LogP contribution in [0, 0.1) is 0 Å². The van der Waals surface area contributed by atoms with Crippen LogP contribution < -0.4 is 11.1 Å². The molecule has 1 amide bonds. The summed E-state index contributed by atoms with van der Waals surface area (Å²) in [6.07, 6.45) is 5.15. The lowest BCUT2D eigenvalue weighted by atomic mass is 10.2. The van der Waals surface area contributed by atoms with Gasteiger partial charge >= 0.3 is 0 Å². The first kappa shape index (κ1) is 15.1. The van der Waals surface area contributed by atoms with E-state index in [9.17, 15) is 4.79 Å². The van der Waals surface area contributed by atoms with E-state index in [0.717, 1.165) is 0 Å². The molecule has 0 spiro atoms. The summed E-state index contributed by atoms with van der Waals surface area (Å²) in [7, 11) is 0. The molecule has 2 heterocycles. The van der Waals surface area contributed by atoms with E-state index >= 15 is 0 Å². The Kier molecular flexibility index (Phi) is 5.98. The van der Waals surface area contributed by atoms with Crippen molar-refractivity contribution >= 4 is 18.3 Å². The number of halogens is 1. The van der Waals surface area contributed by atoms with Crippen LogP contribution in [-0.4, -0.2) is 27.2 Å². The lowest BCUT2D eigenvalue weighted by molar-refractivity contribution is 0.0951. The topological polar surface area (TPSA) is 85.8 Å². The number of pyridine rings is 1. The highest BCUT2D eigenvalue weighted by atomic mass is 35.5. The van der Waals surface area contributed by atoms with Crippen molar-refractivity contribution in [3.05, 3.63) is 48.0 Å². The number of hydrogen-bond acceptors (Lipinski definition) is 4. The Balaban J connectivity index is 0.00000180. The minimum atomic E-state index is -0.126. The van der Waals surface area contributed by atoms with Gasteiger partial charge in [0.05, 0.1) is 12.2 Å². The zero-order chi connectivity index (χ0) is 12.8. The van der Waals surface area contributed by atoms with Crippen molar-refractivity contribution in [2.24, 2.45) is 5.73 Å². The summed E-state index contributed by atoms with van der Waals surface area (Å²) in [5.74, 6) is -0.126. The van der Waals surface area contributed by atoms with Gasteiger partial charge in [0.1, 0.15) is 0 Å². The van der Waals surface area contributed by atoms with Crippen LogP contribution >= 0.6 is 12.4 Å². The number of nitrogens with zero attached hydrogens (tertiary/aromatic N) is 3. The predicted molar refractivity (Wildman–Crippen MR) is 73.9 cm³/mol. The van der Waals surface area contributed by atoms with Crippen LogP contribution in [0.4, 0.5) is 0 Å². The summed E-state index contributed by atoms with van der Waals surface area (Å²) in [5, 5.41) is 6.87. The molecule has 102 valence electrons. The third-order valence-corrected chi connectivity index (χ3v) is 2.47. The molecular formula is C12H16ClN5O. The molecule has 0 aromatic carbocycles. The van der Waals surface area contributed by atoms with Crippen LogP contribution in [0.5, 0.6) is 0 Å². The number of amides is 1. The Hall–Kier alpha value is -1.92. The number of nitrogens with two attached hydrogens (primary N) is 1. The van der Waals surface area contributed by atoms with Gasteiger partial charge in [-0.05, 0) is 18.2 Å². The summed E-state index contributed by atoms with van der Waals surface area (Å²) in [6, 6.07) is 5.21. The van der Waals surface area contributed by atoms with Gasteiger partial charge in [-0.2, -0.15) is 5.10 Å². The van der Waals surface area contributed by atoms with E-state index in [0.29, 0.717) is 30.9 Å². The van der Waals surface area contributed by atoms with Gasteiger partial charge in [0, 0.05) is 37.2 Å². The predicted octanol–water partition coefficient (Wildman–Crippen LogP) is 0.589. The Bertz CT molecular complexity index is 515. The quantitative estimate of drug-likeness (QED) is 0.840. The molecule has 3 N–H and O–H groups in total. The van der Waals surface area contributed by atoms with Crippen molar-refractivity contribution in [2.45, 2.75) is 13.1 Å². The van der Waals surface area contributed by atoms with Crippen molar-refractivity contribution in [1.82, 2.24) is 20.1 Å². The molecule has 0 atom stereocenters. The number of nitrogens with one attached hydrogen (secondary N) is 1. The summed E-state index contributed by atoms with van der Waals surface area (Å²) >= 11 is 0. The fourth-order valence-corrected chi connectivity index (χ4v) is 1.55. The molecule has 19 heavy (non-hydrogen) atoms. The van der Waals surface area contributed by atoms with Crippen LogP contribution in [0.3, 0.4) is 0 Å². The molecule has 0 aliphatic carbocycles. The average molecular weight is 282 g/mol. The van der Waals surface area contributed by atoms with Crippen LogP contribution in [0.15, 0.2) is 36.8 Å². The lowest BCUT2D eigenvalue weighted by Gasteiger charge is -2.06. The van der Waals surface area contributed by atoms with Crippen molar-refractivity contribution in [3.63, 3.8) is 0 Å². The van der Waals surface area contributed by atoms with Crippen LogP contribution in [0.1, 0.15) is 16.1 Å². The van der Waals surface area contributed by atoms with Gasteiger partial charge in [-0.1, -0.05) is 0 Å². The first-order valence-electron chi connectivity index (χ1n) is 5.70. The molecule has 0 aliphatic heterocycles. The van der Waals surface area contributed by atoms with E-state index < -0.39 is 0 Å². The normalized spacial score (nSPS) is 9.74. The fraction of sp³-hybridized carbons (Fsp3) is 0.250. The second-order valence-corrected chi connectivity index (χ2v) is 3.77. The highest BCUT2D eigenvalue weighted by molar-refractivity contribution is 5.94. The molecule has 2 aromatic heterocycles. The van der Waals surface area contributed by atoms with Crippen LogP contribution in [-0.2, 0) is 13.1 Å². The molecule has 2 aromatic rings. The van der Waals surface area contributed by atoms with Gasteiger partial charge in [0.2, 0.25) is 0 Å². The van der Waals surface area contributed by atoms with E-state index in [4.69, 9.17) is 5.73 Å². The molecular weight excluding hydrogens is 266 g/mol. The summed E-state index contributed by atoms with van der Waals surface area (Å²) < 4.78 is 1.76. The van der Waals surface area contributed by atoms with Crippen LogP contribution in [0.25, 0.3) is 0 Å². The largest absolute Gasteiger partial charge is 0.350 e. The van der Waals surface area contributed by atoms with Crippen molar-refractivity contribution in [3.8, 4) is 0 Å². The zero-order valence-electron chi connectivity index (χ0n) is 10.3. The van der Waals surface area contributed by atoms with Crippen LogP contribution in [0.2, 0.25) is 0 Å². The van der Waals surface area contributed by atoms with Crippen molar-refractivity contribution < 1.29 is 4.79 Å². The lowest BCUT2D eigenvalue weighted by Crippen LogP contribution is -2.27. The molecule has 7 heteroatoms. The zero-order valence-corrected chi connectivity index (χ0v) is 11.1. The van der Waals surface area contributed by atoms with Gasteiger partial charge in [0.15, 0.2) is 0 Å². The monoisotopic (exact) mass is 281 g/mol. The Labute approximate surface area is 117 Å². The van der Waals surface area contributed by atoms with E-state index in [1.54, 1.807) is 29.2 Å². The molecule has 6 nitrogen and oxygen atoms in total. The van der Waals surface area contributed by atoms with Gasteiger partial charge < -0.3 is 11.1 Å². The maximum Gasteiger partial charge on any atom is 0.251 e. The third-order valence-electron chi connectivity index (χ3n) is 2.47. The maximum absolute atomic E-state index is 11.8. The molecule has 0 saturated heterocycles. The maximum atomic E-state index is 11.8. The van der Waals surface area contributed by atoms with Gasteiger partial charge in [-0.3, -0.25) is 14.5 Å².